The quantitative estimate of drug-likeness (QED) is 0.847. The van der Waals surface area contributed by atoms with Crippen molar-refractivity contribution in [2.45, 2.75) is 46.1 Å². The number of ketones is 1. The number of hydrogen-bond acceptors (Lipinski definition) is 3. The van der Waals surface area contributed by atoms with Crippen LogP contribution in [0.2, 0.25) is 0 Å². The Morgan fingerprint density at radius 1 is 1.37 bits per heavy atom. The van der Waals surface area contributed by atoms with E-state index in [0.717, 1.165) is 35.4 Å². The van der Waals surface area contributed by atoms with Crippen LogP contribution < -0.4 is 10.1 Å². The Balaban J connectivity index is 2.32. The van der Waals surface area contributed by atoms with Gasteiger partial charge in [-0.3, -0.25) is 4.79 Å². The van der Waals surface area contributed by atoms with Gasteiger partial charge in [-0.15, -0.1) is 0 Å². The van der Waals surface area contributed by atoms with Crippen LogP contribution in [0.25, 0.3) is 0 Å². The van der Waals surface area contributed by atoms with Crippen LogP contribution in [0.5, 0.6) is 5.75 Å². The van der Waals surface area contributed by atoms with E-state index in [4.69, 9.17) is 4.74 Å². The van der Waals surface area contributed by atoms with E-state index in [9.17, 15) is 4.79 Å². The molecule has 1 aliphatic rings. The van der Waals surface area contributed by atoms with Gasteiger partial charge >= 0.3 is 0 Å². The fourth-order valence-corrected chi connectivity index (χ4v) is 2.91. The highest BCUT2D eigenvalue weighted by atomic mass is 16.5. The maximum Gasteiger partial charge on any atom is 0.168 e. The molecule has 1 fully saturated rings. The van der Waals surface area contributed by atoms with Gasteiger partial charge in [-0.2, -0.15) is 0 Å². The summed E-state index contributed by atoms with van der Waals surface area (Å²) in [5.41, 5.74) is 4.02. The number of benzene rings is 1. The van der Waals surface area contributed by atoms with E-state index in [1.807, 2.05) is 13.8 Å². The third-order valence-corrected chi connectivity index (χ3v) is 4.06. The molecule has 1 saturated heterocycles. The summed E-state index contributed by atoms with van der Waals surface area (Å²) >= 11 is 0. The third-order valence-electron chi connectivity index (χ3n) is 4.06. The topological polar surface area (TPSA) is 38.3 Å². The first-order valence-corrected chi connectivity index (χ1v) is 6.96. The Kier molecular flexibility index (Phi) is 4.25. The average Bonchev–Trinajstić information content (AvgIpc) is 2.85. The lowest BCUT2D eigenvalue weighted by molar-refractivity contribution is 0.0968. The van der Waals surface area contributed by atoms with Crippen molar-refractivity contribution < 1.29 is 9.53 Å². The molecular formula is C16H23NO2. The Hall–Kier alpha value is -1.35. The van der Waals surface area contributed by atoms with Gasteiger partial charge in [-0.1, -0.05) is 6.07 Å². The highest BCUT2D eigenvalue weighted by molar-refractivity contribution is 6.01. The summed E-state index contributed by atoms with van der Waals surface area (Å²) in [5.74, 6) is 0.942. The van der Waals surface area contributed by atoms with Crippen molar-refractivity contribution in [1.82, 2.24) is 5.32 Å². The lowest BCUT2D eigenvalue weighted by Crippen LogP contribution is -2.25. The third kappa shape index (κ3) is 2.81. The second kappa shape index (κ2) is 5.74. The summed E-state index contributed by atoms with van der Waals surface area (Å²) in [5, 5.41) is 3.38. The van der Waals surface area contributed by atoms with Crippen LogP contribution in [0.3, 0.4) is 0 Å². The molecule has 0 radical (unpaired) electrons. The SMILES string of the molecule is COc1c(C)c(C)cc(C)c1C(=O)CC1CCCN1. The molecule has 1 aliphatic heterocycles. The molecule has 1 aromatic rings. The largest absolute Gasteiger partial charge is 0.496 e. The zero-order valence-corrected chi connectivity index (χ0v) is 12.3. The fraction of sp³-hybridized carbons (Fsp3) is 0.562. The van der Waals surface area contributed by atoms with Gasteiger partial charge in [-0.05, 0) is 56.8 Å². The van der Waals surface area contributed by atoms with Gasteiger partial charge < -0.3 is 10.1 Å². The summed E-state index contributed by atoms with van der Waals surface area (Å²) in [6.45, 7) is 7.08. The van der Waals surface area contributed by atoms with E-state index in [2.05, 4.69) is 18.3 Å². The molecule has 1 N–H and O–H groups in total. The summed E-state index contributed by atoms with van der Waals surface area (Å²) in [4.78, 5) is 12.5. The number of methoxy groups -OCH3 is 1. The van der Waals surface area contributed by atoms with Crippen LogP contribution in [0.1, 0.15) is 46.3 Å². The molecule has 3 heteroatoms. The van der Waals surface area contributed by atoms with Crippen LogP contribution >= 0.6 is 0 Å². The normalized spacial score (nSPS) is 18.6. The average molecular weight is 261 g/mol. The van der Waals surface area contributed by atoms with Gasteiger partial charge in [0.25, 0.3) is 0 Å². The molecule has 1 atom stereocenters. The van der Waals surface area contributed by atoms with Crippen molar-refractivity contribution >= 4 is 5.78 Å². The van der Waals surface area contributed by atoms with Crippen LogP contribution in [0.15, 0.2) is 6.07 Å². The molecule has 1 heterocycles. The number of rotatable bonds is 4. The van der Waals surface area contributed by atoms with E-state index in [1.54, 1.807) is 7.11 Å². The van der Waals surface area contributed by atoms with Gasteiger partial charge in [0.05, 0.1) is 12.7 Å². The smallest absolute Gasteiger partial charge is 0.168 e. The molecule has 0 bridgehead atoms. The second-order valence-electron chi connectivity index (χ2n) is 5.46. The molecule has 104 valence electrons. The highest BCUT2D eigenvalue weighted by Gasteiger charge is 2.23. The molecular weight excluding hydrogens is 238 g/mol. The number of nitrogens with one attached hydrogen (secondary N) is 1. The molecule has 3 nitrogen and oxygen atoms in total. The lowest BCUT2D eigenvalue weighted by Gasteiger charge is -2.17. The molecule has 19 heavy (non-hydrogen) atoms. The summed E-state index contributed by atoms with van der Waals surface area (Å²) in [6, 6.07) is 2.41. The number of hydrogen-bond donors (Lipinski definition) is 1. The number of ether oxygens (including phenoxy) is 1. The number of Topliss-reactive ketones (excluding diaryl/α,β-unsaturated/α-hetero) is 1. The van der Waals surface area contributed by atoms with Crippen LogP contribution in [-0.4, -0.2) is 25.5 Å². The van der Waals surface area contributed by atoms with Gasteiger partial charge in [0.15, 0.2) is 5.78 Å². The Labute approximate surface area is 115 Å². The van der Waals surface area contributed by atoms with Crippen molar-refractivity contribution in [2.24, 2.45) is 0 Å². The zero-order chi connectivity index (χ0) is 14.0. The molecule has 0 amide bonds. The van der Waals surface area contributed by atoms with E-state index in [1.165, 1.54) is 12.0 Å². The standard InChI is InChI=1S/C16H23NO2/c1-10-8-11(2)15(16(19-4)12(10)3)14(18)9-13-6-5-7-17-13/h8,13,17H,5-7,9H2,1-4H3. The predicted octanol–water partition coefficient (Wildman–Crippen LogP) is 2.95. The zero-order valence-electron chi connectivity index (χ0n) is 12.3. The highest BCUT2D eigenvalue weighted by Crippen LogP contribution is 2.31. The lowest BCUT2D eigenvalue weighted by atomic mass is 9.93. The predicted molar refractivity (Wildman–Crippen MR) is 77.2 cm³/mol. The summed E-state index contributed by atoms with van der Waals surface area (Å²) in [7, 11) is 1.64. The molecule has 1 aromatic carbocycles. The first kappa shape index (κ1) is 14.1. The molecule has 2 rings (SSSR count). The van der Waals surface area contributed by atoms with Crippen molar-refractivity contribution in [3.8, 4) is 5.75 Å². The van der Waals surface area contributed by atoms with Crippen LogP contribution in [0.4, 0.5) is 0 Å². The monoisotopic (exact) mass is 261 g/mol. The Bertz CT molecular complexity index is 488. The molecule has 0 aromatic heterocycles. The summed E-state index contributed by atoms with van der Waals surface area (Å²) < 4.78 is 5.48. The van der Waals surface area contributed by atoms with Gasteiger partial charge in [0.2, 0.25) is 0 Å². The Morgan fingerprint density at radius 3 is 2.68 bits per heavy atom. The maximum atomic E-state index is 12.5. The van der Waals surface area contributed by atoms with E-state index < -0.39 is 0 Å². The number of carbonyl (C=O) groups excluding carboxylic acids is 1. The van der Waals surface area contributed by atoms with Crippen LogP contribution in [-0.2, 0) is 0 Å². The van der Waals surface area contributed by atoms with E-state index in [0.29, 0.717) is 12.5 Å². The molecule has 0 saturated carbocycles. The van der Waals surface area contributed by atoms with Crippen molar-refractivity contribution in [2.75, 3.05) is 13.7 Å². The van der Waals surface area contributed by atoms with Crippen LogP contribution in [0, 0.1) is 20.8 Å². The molecule has 0 spiro atoms. The van der Waals surface area contributed by atoms with Crippen molar-refractivity contribution in [3.63, 3.8) is 0 Å². The number of carbonyl (C=O) groups is 1. The minimum absolute atomic E-state index is 0.192. The second-order valence-corrected chi connectivity index (χ2v) is 5.46. The van der Waals surface area contributed by atoms with E-state index in [-0.39, 0.29) is 5.78 Å². The first-order chi connectivity index (χ1) is 9.04. The first-order valence-electron chi connectivity index (χ1n) is 6.96. The maximum absolute atomic E-state index is 12.5. The minimum atomic E-state index is 0.192. The molecule has 0 aliphatic carbocycles. The van der Waals surface area contributed by atoms with Crippen molar-refractivity contribution in [1.29, 1.82) is 0 Å². The van der Waals surface area contributed by atoms with Gasteiger partial charge in [0.1, 0.15) is 5.75 Å². The minimum Gasteiger partial charge on any atom is -0.496 e. The fourth-order valence-electron chi connectivity index (χ4n) is 2.91. The van der Waals surface area contributed by atoms with Gasteiger partial charge in [-0.25, -0.2) is 0 Å². The van der Waals surface area contributed by atoms with Gasteiger partial charge in [0, 0.05) is 12.5 Å². The van der Waals surface area contributed by atoms with E-state index >= 15 is 0 Å². The number of aryl methyl sites for hydroxylation is 2. The Morgan fingerprint density at radius 2 is 2.11 bits per heavy atom. The molecule has 1 unspecified atom stereocenters. The van der Waals surface area contributed by atoms with Crippen molar-refractivity contribution in [3.05, 3.63) is 28.3 Å². The summed E-state index contributed by atoms with van der Waals surface area (Å²) in [6.07, 6.45) is 2.83.